The second kappa shape index (κ2) is 7.70. The van der Waals surface area contributed by atoms with Gasteiger partial charge >= 0.3 is 0 Å². The van der Waals surface area contributed by atoms with Crippen molar-refractivity contribution in [2.24, 2.45) is 0 Å². The van der Waals surface area contributed by atoms with Crippen LogP contribution in [0.1, 0.15) is 5.56 Å². The average molecular weight is 358 g/mol. The zero-order valence-corrected chi connectivity index (χ0v) is 14.8. The standard InChI is InChI=1S/C21H18N4O2/c1-26-21-9-5-17(13-23-21)24-20-8-4-16-11-18(6-7-19(16)25-20)27-14-15-3-2-10-22-12-15/h2-13H,14H2,1H3,(H,24,25). The van der Waals surface area contributed by atoms with Crippen molar-refractivity contribution >= 4 is 22.4 Å². The second-order valence-electron chi connectivity index (χ2n) is 5.92. The number of anilines is 2. The summed E-state index contributed by atoms with van der Waals surface area (Å²) in [7, 11) is 1.59. The van der Waals surface area contributed by atoms with E-state index >= 15 is 0 Å². The summed E-state index contributed by atoms with van der Waals surface area (Å²) in [6.45, 7) is 0.483. The maximum Gasteiger partial charge on any atom is 0.213 e. The zero-order valence-electron chi connectivity index (χ0n) is 14.8. The first-order valence-corrected chi connectivity index (χ1v) is 8.50. The minimum atomic E-state index is 0.483. The summed E-state index contributed by atoms with van der Waals surface area (Å²) in [5.74, 6) is 2.12. The topological polar surface area (TPSA) is 69.2 Å². The van der Waals surface area contributed by atoms with Gasteiger partial charge in [-0.3, -0.25) is 4.98 Å². The van der Waals surface area contributed by atoms with Crippen molar-refractivity contribution in [1.82, 2.24) is 15.0 Å². The maximum absolute atomic E-state index is 5.84. The molecule has 27 heavy (non-hydrogen) atoms. The molecule has 0 saturated heterocycles. The van der Waals surface area contributed by atoms with Crippen molar-refractivity contribution in [3.05, 3.63) is 78.8 Å². The third-order valence-electron chi connectivity index (χ3n) is 4.01. The molecule has 4 rings (SSSR count). The third-order valence-corrected chi connectivity index (χ3v) is 4.01. The monoisotopic (exact) mass is 358 g/mol. The molecule has 0 unspecified atom stereocenters. The molecule has 0 radical (unpaired) electrons. The van der Waals surface area contributed by atoms with E-state index in [1.807, 2.05) is 48.5 Å². The lowest BCUT2D eigenvalue weighted by Gasteiger charge is -2.09. The summed E-state index contributed by atoms with van der Waals surface area (Å²) in [4.78, 5) is 12.9. The van der Waals surface area contributed by atoms with Gasteiger partial charge in [0.15, 0.2) is 0 Å². The lowest BCUT2D eigenvalue weighted by atomic mass is 10.2. The van der Waals surface area contributed by atoms with Gasteiger partial charge in [0.25, 0.3) is 0 Å². The van der Waals surface area contributed by atoms with Crippen LogP contribution in [0.2, 0.25) is 0 Å². The van der Waals surface area contributed by atoms with Crippen LogP contribution >= 0.6 is 0 Å². The van der Waals surface area contributed by atoms with Crippen LogP contribution in [0, 0.1) is 0 Å². The van der Waals surface area contributed by atoms with E-state index in [1.54, 1.807) is 31.8 Å². The molecule has 3 aromatic heterocycles. The number of pyridine rings is 3. The Kier molecular flexibility index (Phi) is 4.78. The highest BCUT2D eigenvalue weighted by atomic mass is 16.5. The van der Waals surface area contributed by atoms with Gasteiger partial charge in [0.05, 0.1) is 24.5 Å². The fourth-order valence-corrected chi connectivity index (χ4v) is 2.64. The lowest BCUT2D eigenvalue weighted by molar-refractivity contribution is 0.306. The van der Waals surface area contributed by atoms with Gasteiger partial charge in [-0.1, -0.05) is 6.07 Å². The first-order chi connectivity index (χ1) is 13.3. The molecule has 0 fully saturated rings. The normalized spacial score (nSPS) is 10.6. The number of hydrogen-bond donors (Lipinski definition) is 1. The van der Waals surface area contributed by atoms with Gasteiger partial charge in [0, 0.05) is 29.4 Å². The minimum absolute atomic E-state index is 0.483. The van der Waals surface area contributed by atoms with Gasteiger partial charge in [-0.05, 0) is 42.5 Å². The third kappa shape index (κ3) is 4.12. The summed E-state index contributed by atoms with van der Waals surface area (Å²) < 4.78 is 10.9. The van der Waals surface area contributed by atoms with Crippen LogP contribution in [0.3, 0.4) is 0 Å². The molecule has 0 aliphatic carbocycles. The Bertz CT molecular complexity index is 1040. The molecule has 0 aliphatic rings. The molecular weight excluding hydrogens is 340 g/mol. The molecule has 3 heterocycles. The van der Waals surface area contributed by atoms with Crippen LogP contribution in [0.25, 0.3) is 10.9 Å². The number of ether oxygens (including phenoxy) is 2. The van der Waals surface area contributed by atoms with Gasteiger partial charge in [-0.25, -0.2) is 9.97 Å². The van der Waals surface area contributed by atoms with Crippen molar-refractivity contribution in [3.8, 4) is 11.6 Å². The number of hydrogen-bond acceptors (Lipinski definition) is 6. The van der Waals surface area contributed by atoms with Crippen molar-refractivity contribution in [2.45, 2.75) is 6.61 Å². The Labute approximate surface area is 156 Å². The highest BCUT2D eigenvalue weighted by Gasteiger charge is 2.03. The Morgan fingerprint density at radius 3 is 2.74 bits per heavy atom. The molecular formula is C21H18N4O2. The maximum atomic E-state index is 5.84. The largest absolute Gasteiger partial charge is 0.489 e. The van der Waals surface area contributed by atoms with Gasteiger partial charge in [-0.15, -0.1) is 0 Å². The number of rotatable bonds is 6. The first-order valence-electron chi connectivity index (χ1n) is 8.50. The number of nitrogens with zero attached hydrogens (tertiary/aromatic N) is 3. The molecule has 0 atom stereocenters. The van der Waals surface area contributed by atoms with E-state index in [4.69, 9.17) is 9.47 Å². The Hall–Kier alpha value is -3.67. The summed E-state index contributed by atoms with van der Waals surface area (Å²) in [6.07, 6.45) is 5.26. The predicted molar refractivity (Wildman–Crippen MR) is 104 cm³/mol. The molecule has 6 nitrogen and oxygen atoms in total. The Morgan fingerprint density at radius 2 is 1.96 bits per heavy atom. The second-order valence-corrected chi connectivity index (χ2v) is 5.92. The molecule has 0 saturated carbocycles. The van der Waals surface area contributed by atoms with E-state index in [0.717, 1.165) is 33.7 Å². The number of nitrogens with one attached hydrogen (secondary N) is 1. The quantitative estimate of drug-likeness (QED) is 0.552. The molecule has 0 bridgehead atoms. The number of benzene rings is 1. The minimum Gasteiger partial charge on any atom is -0.489 e. The predicted octanol–water partition coefficient (Wildman–Crippen LogP) is 4.36. The molecule has 1 aromatic carbocycles. The lowest BCUT2D eigenvalue weighted by Crippen LogP contribution is -1.97. The van der Waals surface area contributed by atoms with Gasteiger partial charge in [0.1, 0.15) is 18.2 Å². The van der Waals surface area contributed by atoms with Crippen molar-refractivity contribution < 1.29 is 9.47 Å². The van der Waals surface area contributed by atoms with Crippen molar-refractivity contribution in [1.29, 1.82) is 0 Å². The summed E-state index contributed by atoms with van der Waals surface area (Å²) in [5.41, 5.74) is 2.76. The fourth-order valence-electron chi connectivity index (χ4n) is 2.64. The van der Waals surface area contributed by atoms with E-state index in [9.17, 15) is 0 Å². The van der Waals surface area contributed by atoms with Crippen molar-refractivity contribution in [3.63, 3.8) is 0 Å². The van der Waals surface area contributed by atoms with Crippen LogP contribution in [0.5, 0.6) is 11.6 Å². The van der Waals surface area contributed by atoms with E-state index < -0.39 is 0 Å². The highest BCUT2D eigenvalue weighted by Crippen LogP contribution is 2.23. The molecule has 134 valence electrons. The summed E-state index contributed by atoms with van der Waals surface area (Å²) in [6, 6.07) is 17.4. The van der Waals surface area contributed by atoms with Gasteiger partial charge in [-0.2, -0.15) is 0 Å². The fraction of sp³-hybridized carbons (Fsp3) is 0.0952. The molecule has 0 aliphatic heterocycles. The highest BCUT2D eigenvalue weighted by molar-refractivity contribution is 5.82. The van der Waals surface area contributed by atoms with E-state index in [1.165, 1.54) is 0 Å². The van der Waals surface area contributed by atoms with Crippen LogP contribution in [-0.2, 0) is 6.61 Å². The SMILES string of the molecule is COc1ccc(Nc2ccc3cc(OCc4cccnc4)ccc3n2)cn1. The van der Waals surface area contributed by atoms with Crippen LogP contribution in [0.4, 0.5) is 11.5 Å². The number of aromatic nitrogens is 3. The molecule has 1 N–H and O–H groups in total. The average Bonchev–Trinajstić information content (AvgIpc) is 2.73. The number of methoxy groups -OCH3 is 1. The summed E-state index contributed by atoms with van der Waals surface area (Å²) >= 11 is 0. The van der Waals surface area contributed by atoms with Crippen LogP contribution in [0.15, 0.2) is 73.2 Å². The summed E-state index contributed by atoms with van der Waals surface area (Å²) in [5, 5.41) is 4.25. The van der Waals surface area contributed by atoms with Crippen LogP contribution < -0.4 is 14.8 Å². The first kappa shape index (κ1) is 16.8. The smallest absolute Gasteiger partial charge is 0.213 e. The Morgan fingerprint density at radius 1 is 1.00 bits per heavy atom. The van der Waals surface area contributed by atoms with E-state index in [-0.39, 0.29) is 0 Å². The molecule has 4 aromatic rings. The van der Waals surface area contributed by atoms with Gasteiger partial charge < -0.3 is 14.8 Å². The Balaban J connectivity index is 1.47. The zero-order chi connectivity index (χ0) is 18.5. The van der Waals surface area contributed by atoms with Crippen LogP contribution in [-0.4, -0.2) is 22.1 Å². The molecule has 0 amide bonds. The van der Waals surface area contributed by atoms with Gasteiger partial charge in [0.2, 0.25) is 5.88 Å². The molecule has 0 spiro atoms. The van der Waals surface area contributed by atoms with Crippen molar-refractivity contribution in [2.75, 3.05) is 12.4 Å². The van der Waals surface area contributed by atoms with E-state index in [2.05, 4.69) is 20.3 Å². The van der Waals surface area contributed by atoms with E-state index in [0.29, 0.717) is 12.5 Å². The number of fused-ring (bicyclic) bond motifs is 1. The molecule has 6 heteroatoms.